The van der Waals surface area contributed by atoms with E-state index in [2.05, 4.69) is 10.3 Å². The molecule has 0 aliphatic heterocycles. The van der Waals surface area contributed by atoms with Gasteiger partial charge in [0.1, 0.15) is 11.6 Å². The van der Waals surface area contributed by atoms with Crippen LogP contribution >= 0.6 is 23.2 Å². The number of halogens is 2. The Morgan fingerprint density at radius 2 is 1.69 bits per heavy atom. The van der Waals surface area contributed by atoms with Gasteiger partial charge < -0.3 is 9.47 Å². The van der Waals surface area contributed by atoms with E-state index in [1.54, 1.807) is 38.1 Å². The van der Waals surface area contributed by atoms with Crippen LogP contribution in [0.1, 0.15) is 25.5 Å². The van der Waals surface area contributed by atoms with Crippen molar-refractivity contribution in [2.45, 2.75) is 19.9 Å². The Morgan fingerprint density at radius 1 is 1.03 bits per heavy atom. The summed E-state index contributed by atoms with van der Waals surface area (Å²) >= 11 is 12.5. The molecule has 0 spiro atoms. The average Bonchev–Trinajstić information content (AvgIpc) is 3.10. The number of fused-ring (bicyclic) bond motifs is 1. The summed E-state index contributed by atoms with van der Waals surface area (Å²) in [5.74, 6) is -2.80. The minimum absolute atomic E-state index is 0.105. The van der Waals surface area contributed by atoms with E-state index in [0.717, 1.165) is 0 Å². The van der Waals surface area contributed by atoms with E-state index in [-0.39, 0.29) is 18.2 Å². The van der Waals surface area contributed by atoms with Crippen LogP contribution in [-0.4, -0.2) is 40.1 Å². The molecule has 0 saturated heterocycles. The van der Waals surface area contributed by atoms with Gasteiger partial charge in [-0.25, -0.2) is 4.68 Å². The smallest absolute Gasteiger partial charge is 0.322 e. The lowest BCUT2D eigenvalue weighted by atomic mass is 9.92. The number of hydrogen-bond acceptors (Lipinski definition) is 6. The van der Waals surface area contributed by atoms with Crippen molar-refractivity contribution in [2.24, 2.45) is 5.92 Å². The Hall–Kier alpha value is -2.64. The van der Waals surface area contributed by atoms with Gasteiger partial charge in [0, 0.05) is 10.0 Å². The number of esters is 2. The summed E-state index contributed by atoms with van der Waals surface area (Å²) in [7, 11) is 0. The Labute approximate surface area is 177 Å². The monoisotopic (exact) mass is 435 g/mol. The molecule has 1 heterocycles. The molecule has 152 valence electrons. The number of para-hydroxylation sites is 1. The molecular formula is C20H19Cl2N3O4. The highest BCUT2D eigenvalue weighted by atomic mass is 35.5. The van der Waals surface area contributed by atoms with Crippen LogP contribution in [-0.2, 0) is 19.1 Å². The number of nitrogens with zero attached hydrogens (tertiary/aromatic N) is 3. The van der Waals surface area contributed by atoms with Crippen molar-refractivity contribution >= 4 is 46.2 Å². The SMILES string of the molecule is CCOC(=O)C(C(=O)OCC)C(c1ccc(Cl)cc1Cl)n1nnc2ccccc21. The molecule has 0 fully saturated rings. The summed E-state index contributed by atoms with van der Waals surface area (Å²) in [5.41, 5.74) is 1.70. The number of benzene rings is 2. The van der Waals surface area contributed by atoms with Gasteiger partial charge in [0.05, 0.1) is 18.7 Å². The lowest BCUT2D eigenvalue weighted by Gasteiger charge is -2.26. The van der Waals surface area contributed by atoms with Crippen LogP contribution in [0.4, 0.5) is 0 Å². The van der Waals surface area contributed by atoms with Gasteiger partial charge in [0.25, 0.3) is 0 Å². The second-order valence-corrected chi connectivity index (χ2v) is 6.96. The van der Waals surface area contributed by atoms with E-state index in [1.807, 2.05) is 12.1 Å². The second kappa shape index (κ2) is 9.24. The van der Waals surface area contributed by atoms with Crippen molar-refractivity contribution in [3.05, 3.63) is 58.1 Å². The van der Waals surface area contributed by atoms with Crippen LogP contribution in [0.3, 0.4) is 0 Å². The van der Waals surface area contributed by atoms with Crippen LogP contribution < -0.4 is 0 Å². The van der Waals surface area contributed by atoms with Crippen molar-refractivity contribution in [3.63, 3.8) is 0 Å². The standard InChI is InChI=1S/C20H19Cl2N3O4/c1-3-28-19(26)17(20(27)29-4-2)18(13-10-9-12(21)11-14(13)22)25-16-8-6-5-7-15(16)23-24-25/h5-11,17-18H,3-4H2,1-2H3. The molecule has 0 bridgehead atoms. The van der Waals surface area contributed by atoms with E-state index in [4.69, 9.17) is 32.7 Å². The summed E-state index contributed by atoms with van der Waals surface area (Å²) in [6, 6.07) is 11.1. The molecule has 1 unspecified atom stereocenters. The van der Waals surface area contributed by atoms with Gasteiger partial charge in [-0.3, -0.25) is 9.59 Å². The van der Waals surface area contributed by atoms with Gasteiger partial charge in [-0.05, 0) is 43.7 Å². The highest BCUT2D eigenvalue weighted by Crippen LogP contribution is 2.36. The van der Waals surface area contributed by atoms with Crippen molar-refractivity contribution < 1.29 is 19.1 Å². The minimum Gasteiger partial charge on any atom is -0.465 e. The van der Waals surface area contributed by atoms with Gasteiger partial charge in [-0.2, -0.15) is 0 Å². The quantitative estimate of drug-likeness (QED) is 0.410. The Balaban J connectivity index is 2.25. The van der Waals surface area contributed by atoms with Crippen LogP contribution in [0.5, 0.6) is 0 Å². The summed E-state index contributed by atoms with van der Waals surface area (Å²) in [4.78, 5) is 25.7. The number of rotatable bonds is 7. The minimum atomic E-state index is -1.33. The largest absolute Gasteiger partial charge is 0.465 e. The predicted molar refractivity (Wildman–Crippen MR) is 109 cm³/mol. The Morgan fingerprint density at radius 3 is 2.31 bits per heavy atom. The van der Waals surface area contributed by atoms with Crippen molar-refractivity contribution in [1.29, 1.82) is 0 Å². The number of aromatic nitrogens is 3. The molecule has 29 heavy (non-hydrogen) atoms. The second-order valence-electron chi connectivity index (χ2n) is 6.12. The van der Waals surface area contributed by atoms with Crippen molar-refractivity contribution in [3.8, 4) is 0 Å². The third-order valence-electron chi connectivity index (χ3n) is 4.32. The molecule has 1 atom stereocenters. The van der Waals surface area contributed by atoms with Gasteiger partial charge in [-0.1, -0.05) is 46.6 Å². The van der Waals surface area contributed by atoms with Crippen molar-refractivity contribution in [2.75, 3.05) is 13.2 Å². The maximum absolute atomic E-state index is 12.8. The molecule has 7 nitrogen and oxygen atoms in total. The lowest BCUT2D eigenvalue weighted by molar-refractivity contribution is -0.163. The zero-order valence-corrected chi connectivity index (χ0v) is 17.4. The summed E-state index contributed by atoms with van der Waals surface area (Å²) < 4.78 is 11.8. The highest BCUT2D eigenvalue weighted by molar-refractivity contribution is 6.35. The van der Waals surface area contributed by atoms with E-state index in [9.17, 15) is 9.59 Å². The molecule has 2 aromatic carbocycles. The zero-order valence-electron chi connectivity index (χ0n) is 15.8. The molecular weight excluding hydrogens is 417 g/mol. The molecule has 9 heteroatoms. The fourth-order valence-corrected chi connectivity index (χ4v) is 3.62. The summed E-state index contributed by atoms with van der Waals surface area (Å²) in [5, 5.41) is 9.05. The van der Waals surface area contributed by atoms with Crippen LogP contribution in [0.15, 0.2) is 42.5 Å². The van der Waals surface area contributed by atoms with E-state index in [1.165, 1.54) is 10.7 Å². The van der Waals surface area contributed by atoms with Crippen LogP contribution in [0.25, 0.3) is 11.0 Å². The van der Waals surface area contributed by atoms with Crippen LogP contribution in [0.2, 0.25) is 10.0 Å². The molecule has 1 aromatic heterocycles. The van der Waals surface area contributed by atoms with E-state index < -0.39 is 23.9 Å². The molecule has 0 radical (unpaired) electrons. The summed E-state index contributed by atoms with van der Waals surface area (Å²) in [6.07, 6.45) is 0. The van der Waals surface area contributed by atoms with E-state index in [0.29, 0.717) is 21.6 Å². The van der Waals surface area contributed by atoms with Gasteiger partial charge in [0.2, 0.25) is 0 Å². The fourth-order valence-electron chi connectivity index (χ4n) is 3.10. The molecule has 0 N–H and O–H groups in total. The predicted octanol–water partition coefficient (Wildman–Crippen LogP) is 4.07. The van der Waals surface area contributed by atoms with Crippen LogP contribution in [0, 0.1) is 5.92 Å². The molecule has 0 aliphatic carbocycles. The molecule has 0 amide bonds. The topological polar surface area (TPSA) is 83.3 Å². The Bertz CT molecular complexity index is 1020. The maximum Gasteiger partial charge on any atom is 0.322 e. The molecule has 0 saturated carbocycles. The number of carbonyl (C=O) groups excluding carboxylic acids is 2. The molecule has 3 aromatic rings. The first-order valence-electron chi connectivity index (χ1n) is 9.06. The van der Waals surface area contributed by atoms with Crippen molar-refractivity contribution in [1.82, 2.24) is 15.0 Å². The number of hydrogen-bond donors (Lipinski definition) is 0. The van der Waals surface area contributed by atoms with Gasteiger partial charge in [0.15, 0.2) is 5.92 Å². The first kappa shape index (κ1) is 21.1. The third kappa shape index (κ3) is 4.36. The molecule has 0 aliphatic rings. The van der Waals surface area contributed by atoms with Gasteiger partial charge in [-0.15, -0.1) is 5.10 Å². The van der Waals surface area contributed by atoms with E-state index >= 15 is 0 Å². The normalized spacial score (nSPS) is 12.2. The Kier molecular flexibility index (Phi) is 6.71. The molecule has 3 rings (SSSR count). The first-order valence-corrected chi connectivity index (χ1v) is 9.81. The maximum atomic E-state index is 12.8. The number of carbonyl (C=O) groups is 2. The lowest BCUT2D eigenvalue weighted by Crippen LogP contribution is -2.37. The van der Waals surface area contributed by atoms with Gasteiger partial charge >= 0.3 is 11.9 Å². The third-order valence-corrected chi connectivity index (χ3v) is 4.88. The zero-order chi connectivity index (χ0) is 21.0. The average molecular weight is 436 g/mol. The summed E-state index contributed by atoms with van der Waals surface area (Å²) in [6.45, 7) is 3.53. The number of ether oxygens (including phenoxy) is 2. The first-order chi connectivity index (χ1) is 14.0. The highest BCUT2D eigenvalue weighted by Gasteiger charge is 2.42. The fraction of sp³-hybridized carbons (Fsp3) is 0.300.